The van der Waals surface area contributed by atoms with Gasteiger partial charge in [0.1, 0.15) is 5.82 Å². The molecule has 4 aromatic rings. The van der Waals surface area contributed by atoms with Crippen LogP contribution in [0.2, 0.25) is 0 Å². The summed E-state index contributed by atoms with van der Waals surface area (Å²) < 4.78 is 13.3. The van der Waals surface area contributed by atoms with Gasteiger partial charge in [0.2, 0.25) is 17.8 Å². The molecule has 9 heteroatoms. The number of halogens is 1. The molecule has 0 atom stereocenters. The van der Waals surface area contributed by atoms with Crippen molar-refractivity contribution in [2.24, 2.45) is 5.10 Å². The van der Waals surface area contributed by atoms with E-state index >= 15 is 0 Å². The largest absolute Gasteiger partial charge is 0.358 e. The zero-order valence-corrected chi connectivity index (χ0v) is 18.3. The molecule has 0 unspecified atom stereocenters. The molecule has 0 aliphatic carbocycles. The molecule has 8 nitrogen and oxygen atoms in total. The molecule has 2 aromatic carbocycles. The standard InChI is InChI=1S/C24H25FN8/c1-16-20(19-7-3-4-8-21(19)27-16)15-26-32-23-29-22(28-18-11-9-17(25)10-12-18)30-24(31-23)33-13-5-2-6-14-33/h3-4,7-12,15,27H,2,5-6,13-14H2,1H3,(H2,28,29,30,31,32). The molecule has 3 N–H and O–H groups in total. The quantitative estimate of drug-likeness (QED) is 0.287. The van der Waals surface area contributed by atoms with Crippen molar-refractivity contribution in [2.45, 2.75) is 26.2 Å². The highest BCUT2D eigenvalue weighted by molar-refractivity contribution is 6.00. The summed E-state index contributed by atoms with van der Waals surface area (Å²) in [5.41, 5.74) is 6.75. The van der Waals surface area contributed by atoms with Crippen LogP contribution in [0.1, 0.15) is 30.5 Å². The summed E-state index contributed by atoms with van der Waals surface area (Å²) in [6.45, 7) is 3.82. The summed E-state index contributed by atoms with van der Waals surface area (Å²) >= 11 is 0. The number of aryl methyl sites for hydroxylation is 1. The topological polar surface area (TPSA) is 94.1 Å². The van der Waals surface area contributed by atoms with Crippen LogP contribution >= 0.6 is 0 Å². The molecule has 1 saturated heterocycles. The third kappa shape index (κ3) is 4.77. The molecule has 0 saturated carbocycles. The number of hydrazone groups is 1. The minimum atomic E-state index is -0.297. The van der Waals surface area contributed by atoms with E-state index in [9.17, 15) is 4.39 Å². The fourth-order valence-corrected chi connectivity index (χ4v) is 3.99. The predicted octanol–water partition coefficient (Wildman–Crippen LogP) is 4.98. The van der Waals surface area contributed by atoms with Crippen LogP contribution in [0.15, 0.2) is 53.6 Å². The molecule has 3 heterocycles. The molecule has 0 radical (unpaired) electrons. The molecule has 0 spiro atoms. The maximum atomic E-state index is 13.3. The second-order valence-corrected chi connectivity index (χ2v) is 8.04. The van der Waals surface area contributed by atoms with Crippen LogP contribution in [-0.2, 0) is 0 Å². The van der Waals surface area contributed by atoms with E-state index in [0.717, 1.165) is 48.1 Å². The van der Waals surface area contributed by atoms with Gasteiger partial charge in [-0.3, -0.25) is 0 Å². The van der Waals surface area contributed by atoms with Crippen molar-refractivity contribution < 1.29 is 4.39 Å². The predicted molar refractivity (Wildman–Crippen MR) is 130 cm³/mol. The number of hydrogen-bond donors (Lipinski definition) is 3. The Labute approximate surface area is 191 Å². The summed E-state index contributed by atoms with van der Waals surface area (Å²) in [5.74, 6) is 1.01. The SMILES string of the molecule is Cc1[nH]c2ccccc2c1C=NNc1nc(Nc2ccc(F)cc2)nc(N2CCCCC2)n1. The van der Waals surface area contributed by atoms with E-state index in [4.69, 9.17) is 0 Å². The van der Waals surface area contributed by atoms with Gasteiger partial charge in [-0.1, -0.05) is 18.2 Å². The van der Waals surface area contributed by atoms with Crippen molar-refractivity contribution in [2.75, 3.05) is 28.7 Å². The minimum absolute atomic E-state index is 0.297. The fraction of sp³-hybridized carbons (Fsp3) is 0.250. The summed E-state index contributed by atoms with van der Waals surface area (Å²) in [4.78, 5) is 19.2. The highest BCUT2D eigenvalue weighted by Crippen LogP contribution is 2.22. The van der Waals surface area contributed by atoms with Crippen LogP contribution in [0.3, 0.4) is 0 Å². The molecule has 0 amide bonds. The number of hydrogen-bond acceptors (Lipinski definition) is 7. The Bertz CT molecular complexity index is 1280. The van der Waals surface area contributed by atoms with E-state index in [-0.39, 0.29) is 5.82 Å². The number of anilines is 4. The molecule has 33 heavy (non-hydrogen) atoms. The van der Waals surface area contributed by atoms with Gasteiger partial charge in [0, 0.05) is 40.9 Å². The van der Waals surface area contributed by atoms with Crippen molar-refractivity contribution >= 4 is 40.6 Å². The summed E-state index contributed by atoms with van der Waals surface area (Å²) in [6, 6.07) is 14.2. The Morgan fingerprint density at radius 2 is 1.73 bits per heavy atom. The van der Waals surface area contributed by atoms with Gasteiger partial charge < -0.3 is 15.2 Å². The fourth-order valence-electron chi connectivity index (χ4n) is 3.99. The monoisotopic (exact) mass is 444 g/mol. The second kappa shape index (κ2) is 9.23. The number of nitrogens with zero attached hydrogens (tertiary/aromatic N) is 5. The lowest BCUT2D eigenvalue weighted by molar-refractivity contribution is 0.568. The number of piperidine rings is 1. The van der Waals surface area contributed by atoms with E-state index in [1.807, 2.05) is 25.1 Å². The molecule has 1 aliphatic rings. The number of aromatic nitrogens is 4. The number of benzene rings is 2. The first-order valence-corrected chi connectivity index (χ1v) is 11.1. The highest BCUT2D eigenvalue weighted by atomic mass is 19.1. The van der Waals surface area contributed by atoms with Gasteiger partial charge in [0.15, 0.2) is 0 Å². The first kappa shape index (κ1) is 20.9. The first-order valence-electron chi connectivity index (χ1n) is 11.1. The third-order valence-electron chi connectivity index (χ3n) is 5.66. The Kier molecular flexibility index (Phi) is 5.84. The van der Waals surface area contributed by atoms with Crippen LogP contribution in [0.5, 0.6) is 0 Å². The maximum absolute atomic E-state index is 13.3. The molecule has 2 aromatic heterocycles. The minimum Gasteiger partial charge on any atom is -0.358 e. The summed E-state index contributed by atoms with van der Waals surface area (Å²) in [7, 11) is 0. The summed E-state index contributed by atoms with van der Waals surface area (Å²) in [5, 5.41) is 8.63. The molecule has 1 fully saturated rings. The van der Waals surface area contributed by atoms with Gasteiger partial charge >= 0.3 is 0 Å². The van der Waals surface area contributed by atoms with E-state index in [1.54, 1.807) is 18.3 Å². The number of H-pyrrole nitrogens is 1. The second-order valence-electron chi connectivity index (χ2n) is 8.04. The average molecular weight is 445 g/mol. The number of fused-ring (bicyclic) bond motifs is 1. The normalized spacial score (nSPS) is 14.2. The number of para-hydroxylation sites is 1. The van der Waals surface area contributed by atoms with Crippen molar-refractivity contribution in [3.8, 4) is 0 Å². The smallest absolute Gasteiger partial charge is 0.250 e. The number of rotatable bonds is 6. The van der Waals surface area contributed by atoms with Gasteiger partial charge in [-0.15, -0.1) is 0 Å². The van der Waals surface area contributed by atoms with Gasteiger partial charge in [0.05, 0.1) is 6.21 Å². The van der Waals surface area contributed by atoms with E-state index < -0.39 is 0 Å². The zero-order valence-electron chi connectivity index (χ0n) is 18.3. The Hall–Kier alpha value is -4.01. The van der Waals surface area contributed by atoms with Crippen LogP contribution in [0.25, 0.3) is 10.9 Å². The lowest BCUT2D eigenvalue weighted by Gasteiger charge is -2.26. The van der Waals surface area contributed by atoms with Crippen molar-refractivity contribution in [1.82, 2.24) is 19.9 Å². The van der Waals surface area contributed by atoms with Crippen LogP contribution in [0.4, 0.5) is 27.9 Å². The highest BCUT2D eigenvalue weighted by Gasteiger charge is 2.16. The van der Waals surface area contributed by atoms with Crippen LogP contribution in [0, 0.1) is 12.7 Å². The lowest BCUT2D eigenvalue weighted by atomic mass is 10.1. The van der Waals surface area contributed by atoms with Gasteiger partial charge in [-0.05, 0) is 56.5 Å². The van der Waals surface area contributed by atoms with E-state index in [2.05, 4.69) is 46.7 Å². The molecule has 5 rings (SSSR count). The Balaban J connectivity index is 1.41. The zero-order chi connectivity index (χ0) is 22.6. The molecule has 0 bridgehead atoms. The van der Waals surface area contributed by atoms with Crippen molar-refractivity contribution in [3.05, 3.63) is 65.6 Å². The van der Waals surface area contributed by atoms with E-state index in [1.165, 1.54) is 18.6 Å². The third-order valence-corrected chi connectivity index (χ3v) is 5.66. The van der Waals surface area contributed by atoms with Crippen molar-refractivity contribution in [1.29, 1.82) is 0 Å². The Morgan fingerprint density at radius 3 is 2.55 bits per heavy atom. The molecule has 1 aliphatic heterocycles. The molecular formula is C24H25FN8. The van der Waals surface area contributed by atoms with Gasteiger partial charge in [-0.25, -0.2) is 9.82 Å². The number of aromatic amines is 1. The van der Waals surface area contributed by atoms with Crippen LogP contribution in [-0.4, -0.2) is 39.2 Å². The van der Waals surface area contributed by atoms with Crippen LogP contribution < -0.4 is 15.6 Å². The van der Waals surface area contributed by atoms with Gasteiger partial charge in [0.25, 0.3) is 0 Å². The Morgan fingerprint density at radius 1 is 0.970 bits per heavy atom. The van der Waals surface area contributed by atoms with Crippen molar-refractivity contribution in [3.63, 3.8) is 0 Å². The van der Waals surface area contributed by atoms with Gasteiger partial charge in [-0.2, -0.15) is 20.1 Å². The molecule has 168 valence electrons. The molecular weight excluding hydrogens is 419 g/mol. The summed E-state index contributed by atoms with van der Waals surface area (Å²) in [6.07, 6.45) is 5.19. The number of nitrogens with one attached hydrogen (secondary N) is 3. The maximum Gasteiger partial charge on any atom is 0.250 e. The first-order chi connectivity index (χ1) is 16.2. The lowest BCUT2D eigenvalue weighted by Crippen LogP contribution is -2.31. The average Bonchev–Trinajstić information content (AvgIpc) is 3.16. The van der Waals surface area contributed by atoms with E-state index in [0.29, 0.717) is 23.5 Å².